The average Bonchev–Trinajstić information content (AvgIpc) is 2.95. The normalized spacial score (nSPS) is 16.8. The Morgan fingerprint density at radius 1 is 1.10 bits per heavy atom. The van der Waals surface area contributed by atoms with Crippen LogP contribution in [0.2, 0.25) is 0 Å². The molecule has 3 N–H and O–H groups in total. The van der Waals surface area contributed by atoms with Gasteiger partial charge in [-0.2, -0.15) is 0 Å². The summed E-state index contributed by atoms with van der Waals surface area (Å²) in [7, 11) is 2.09. The first-order valence-electron chi connectivity index (χ1n) is 12.7. The Bertz CT molecular complexity index is 1250. The summed E-state index contributed by atoms with van der Waals surface area (Å²) >= 11 is 0. The SMILES string of the molecule is CC1=CN(c2cccc(Nc3ccc(C(=O)NNC(/N=C/N4CCOCC4)=N/C=C(\C)F)nc3)c2)CCN1C. The number of nitrogens with one attached hydrogen (secondary N) is 3. The van der Waals surface area contributed by atoms with E-state index in [0.29, 0.717) is 26.3 Å². The van der Waals surface area contributed by atoms with E-state index in [9.17, 15) is 9.18 Å². The van der Waals surface area contributed by atoms with Crippen LogP contribution in [0.15, 0.2) is 76.5 Å². The van der Waals surface area contributed by atoms with E-state index in [1.54, 1.807) is 24.7 Å². The number of morpholine rings is 1. The van der Waals surface area contributed by atoms with Gasteiger partial charge in [0, 0.05) is 56.5 Å². The van der Waals surface area contributed by atoms with Crippen molar-refractivity contribution in [1.29, 1.82) is 0 Å². The Balaban J connectivity index is 1.35. The maximum Gasteiger partial charge on any atom is 0.288 e. The minimum absolute atomic E-state index is 0.0235. The van der Waals surface area contributed by atoms with Gasteiger partial charge in [0.1, 0.15) is 11.5 Å². The van der Waals surface area contributed by atoms with Gasteiger partial charge in [0.05, 0.1) is 37.6 Å². The number of carbonyl (C=O) groups is 1. The molecule has 0 bridgehead atoms. The fourth-order valence-corrected chi connectivity index (χ4v) is 3.81. The summed E-state index contributed by atoms with van der Waals surface area (Å²) in [5.41, 5.74) is 9.27. The Labute approximate surface area is 227 Å². The van der Waals surface area contributed by atoms with E-state index >= 15 is 0 Å². The monoisotopic (exact) mass is 535 g/mol. The second-order valence-electron chi connectivity index (χ2n) is 9.13. The molecule has 1 saturated heterocycles. The van der Waals surface area contributed by atoms with E-state index in [0.717, 1.165) is 36.4 Å². The zero-order valence-electron chi connectivity index (χ0n) is 22.4. The fourth-order valence-electron chi connectivity index (χ4n) is 3.81. The summed E-state index contributed by atoms with van der Waals surface area (Å²) < 4.78 is 18.5. The number of nitrogens with zero attached hydrogens (tertiary/aromatic N) is 6. The van der Waals surface area contributed by atoms with Crippen molar-refractivity contribution in [2.24, 2.45) is 9.98 Å². The number of aromatic nitrogens is 1. The third-order valence-corrected chi connectivity index (χ3v) is 6.13. The van der Waals surface area contributed by atoms with Gasteiger partial charge in [-0.05, 0) is 44.2 Å². The number of likely N-dealkylation sites (N-methyl/N-ethyl adjacent to an activating group) is 1. The van der Waals surface area contributed by atoms with E-state index in [4.69, 9.17) is 4.74 Å². The number of aliphatic imine (C=N–C) groups is 2. The van der Waals surface area contributed by atoms with Crippen LogP contribution in [0.1, 0.15) is 24.3 Å². The van der Waals surface area contributed by atoms with E-state index in [-0.39, 0.29) is 11.7 Å². The number of guanidine groups is 1. The van der Waals surface area contributed by atoms with Crippen molar-refractivity contribution in [2.45, 2.75) is 13.8 Å². The first kappa shape index (κ1) is 27.6. The van der Waals surface area contributed by atoms with Crippen molar-refractivity contribution in [3.05, 3.63) is 72.2 Å². The highest BCUT2D eigenvalue weighted by Crippen LogP contribution is 2.25. The van der Waals surface area contributed by atoms with Crippen molar-refractivity contribution < 1.29 is 13.9 Å². The number of halogens is 1. The van der Waals surface area contributed by atoms with E-state index in [2.05, 4.69) is 73.2 Å². The van der Waals surface area contributed by atoms with Gasteiger partial charge in [-0.15, -0.1) is 0 Å². The molecule has 2 aromatic rings. The van der Waals surface area contributed by atoms with Gasteiger partial charge in [0.25, 0.3) is 5.91 Å². The third kappa shape index (κ3) is 8.27. The van der Waals surface area contributed by atoms with Crippen LogP contribution in [0.4, 0.5) is 21.5 Å². The zero-order chi connectivity index (χ0) is 27.6. The zero-order valence-corrected chi connectivity index (χ0v) is 22.4. The van der Waals surface area contributed by atoms with E-state index in [1.807, 2.05) is 17.0 Å². The molecule has 0 radical (unpaired) electrons. The minimum Gasteiger partial charge on any atom is -0.378 e. The number of hydrogen-bond donors (Lipinski definition) is 3. The van der Waals surface area contributed by atoms with E-state index < -0.39 is 11.7 Å². The van der Waals surface area contributed by atoms with Gasteiger partial charge in [-0.1, -0.05) is 6.07 Å². The second-order valence-corrected chi connectivity index (χ2v) is 9.13. The lowest BCUT2D eigenvalue weighted by Gasteiger charge is -2.32. The summed E-state index contributed by atoms with van der Waals surface area (Å²) in [6.07, 6.45) is 6.32. The first-order valence-corrected chi connectivity index (χ1v) is 12.7. The molecular weight excluding hydrogens is 501 g/mol. The predicted molar refractivity (Wildman–Crippen MR) is 151 cm³/mol. The molecule has 12 heteroatoms. The lowest BCUT2D eigenvalue weighted by Crippen LogP contribution is -2.42. The molecule has 1 aromatic heterocycles. The minimum atomic E-state index is -0.493. The van der Waals surface area contributed by atoms with Gasteiger partial charge >= 0.3 is 0 Å². The Morgan fingerprint density at radius 2 is 1.92 bits per heavy atom. The number of hydrazine groups is 1. The van der Waals surface area contributed by atoms with Crippen LogP contribution in [0.5, 0.6) is 0 Å². The molecule has 11 nitrogen and oxygen atoms in total. The van der Waals surface area contributed by atoms with Crippen molar-refractivity contribution in [1.82, 2.24) is 25.6 Å². The van der Waals surface area contributed by atoms with Gasteiger partial charge < -0.3 is 24.8 Å². The van der Waals surface area contributed by atoms with Gasteiger partial charge in [-0.25, -0.2) is 19.4 Å². The third-order valence-electron chi connectivity index (χ3n) is 6.13. The smallest absolute Gasteiger partial charge is 0.288 e. The molecular formula is C27H34FN9O2. The van der Waals surface area contributed by atoms with Crippen LogP contribution in [0.3, 0.4) is 0 Å². The van der Waals surface area contributed by atoms with Crippen LogP contribution < -0.4 is 21.1 Å². The molecule has 0 spiro atoms. The molecule has 1 aromatic carbocycles. The van der Waals surface area contributed by atoms with Crippen LogP contribution in [0, 0.1) is 0 Å². The number of hydrogen-bond acceptors (Lipinski definition) is 7. The van der Waals surface area contributed by atoms with Gasteiger partial charge in [-0.3, -0.25) is 15.6 Å². The largest absolute Gasteiger partial charge is 0.378 e. The number of rotatable bonds is 6. The van der Waals surface area contributed by atoms with Crippen molar-refractivity contribution in [2.75, 3.05) is 56.7 Å². The van der Waals surface area contributed by atoms with Crippen molar-refractivity contribution in [3.63, 3.8) is 0 Å². The highest BCUT2D eigenvalue weighted by atomic mass is 19.1. The van der Waals surface area contributed by atoms with Crippen LogP contribution in [-0.2, 0) is 4.74 Å². The Hall–Kier alpha value is -4.45. The van der Waals surface area contributed by atoms with Crippen molar-refractivity contribution >= 4 is 35.3 Å². The molecule has 3 heterocycles. The molecule has 4 rings (SSSR count). The maximum absolute atomic E-state index is 13.2. The van der Waals surface area contributed by atoms with Crippen LogP contribution in [0.25, 0.3) is 0 Å². The fraction of sp³-hybridized carbons (Fsp3) is 0.333. The standard InChI is InChI=1S/C27H34FN9O2/c1-20(28)16-30-27(31-19-36-11-13-39-14-12-36)34-33-26(38)25-8-7-23(17-29-25)32-22-5-4-6-24(15-22)37-10-9-35(3)21(2)18-37/h4-8,15-19,32H,9-14H2,1-3H3,(H,30,34)(H,33,38)/b20-16+,31-19+. The first-order chi connectivity index (χ1) is 18.9. The molecule has 0 atom stereocenters. The highest BCUT2D eigenvalue weighted by Gasteiger charge is 2.14. The van der Waals surface area contributed by atoms with Crippen LogP contribution >= 0.6 is 0 Å². The molecule has 0 saturated carbocycles. The van der Waals surface area contributed by atoms with Crippen LogP contribution in [-0.4, -0.2) is 79.4 Å². The Morgan fingerprint density at radius 3 is 2.64 bits per heavy atom. The Kier molecular flexibility index (Phi) is 9.46. The summed E-state index contributed by atoms with van der Waals surface area (Å²) in [6.45, 7) is 7.80. The number of pyridine rings is 1. The second kappa shape index (κ2) is 13.4. The molecule has 0 unspecified atom stereocenters. The van der Waals surface area contributed by atoms with Gasteiger partial charge in [0.2, 0.25) is 5.96 Å². The number of amides is 1. The number of ether oxygens (including phenoxy) is 1. The molecule has 1 amide bonds. The molecule has 2 aliphatic heterocycles. The maximum atomic E-state index is 13.2. The quantitative estimate of drug-likeness (QED) is 0.294. The van der Waals surface area contributed by atoms with E-state index in [1.165, 1.54) is 12.6 Å². The lowest BCUT2D eigenvalue weighted by atomic mass is 10.2. The summed E-state index contributed by atoms with van der Waals surface area (Å²) in [5, 5.41) is 3.33. The highest BCUT2D eigenvalue weighted by molar-refractivity contribution is 5.95. The van der Waals surface area contributed by atoms with Crippen molar-refractivity contribution in [3.8, 4) is 0 Å². The lowest BCUT2D eigenvalue weighted by molar-refractivity contribution is 0.0701. The molecule has 2 aliphatic rings. The number of allylic oxidation sites excluding steroid dienone is 2. The molecule has 39 heavy (non-hydrogen) atoms. The molecule has 206 valence electrons. The number of anilines is 3. The van der Waals surface area contributed by atoms with Gasteiger partial charge in [0.15, 0.2) is 0 Å². The summed E-state index contributed by atoms with van der Waals surface area (Å²) in [4.78, 5) is 31.5. The summed E-state index contributed by atoms with van der Waals surface area (Å²) in [6, 6.07) is 11.5. The molecule has 1 fully saturated rings. The topological polar surface area (TPSA) is 110 Å². The average molecular weight is 536 g/mol. The summed E-state index contributed by atoms with van der Waals surface area (Å²) in [5.74, 6) is -0.959. The number of benzene rings is 1. The number of carbonyl (C=O) groups excluding carboxylic acids is 1. The molecule has 0 aliphatic carbocycles. The predicted octanol–water partition coefficient (Wildman–Crippen LogP) is 3.22.